The van der Waals surface area contributed by atoms with Crippen molar-refractivity contribution in [2.24, 2.45) is 0 Å². The summed E-state index contributed by atoms with van der Waals surface area (Å²) >= 11 is 0. The normalized spacial score (nSPS) is 10.1. The summed E-state index contributed by atoms with van der Waals surface area (Å²) in [4.78, 5) is 0. The van der Waals surface area contributed by atoms with Crippen LogP contribution in [0.15, 0.2) is 273 Å². The maximum Gasteiger partial charge on any atom is 1.00 e. The van der Waals surface area contributed by atoms with Crippen LogP contribution in [0, 0.1) is 11.8 Å². The molecule has 9 aromatic rings. The van der Waals surface area contributed by atoms with Crippen LogP contribution in [0.1, 0.15) is 0 Å². The van der Waals surface area contributed by atoms with Gasteiger partial charge in [-0.2, -0.15) is 0 Å². The molecule has 0 aliphatic heterocycles. The van der Waals surface area contributed by atoms with E-state index in [-0.39, 0.29) is 22.4 Å². The van der Waals surface area contributed by atoms with E-state index in [0.29, 0.717) is 0 Å². The van der Waals surface area contributed by atoms with E-state index < -0.39 is 23.8 Å². The van der Waals surface area contributed by atoms with Crippen molar-refractivity contribution >= 4 is 71.5 Å². The molecule has 0 aliphatic rings. The molecule has 0 radical (unpaired) electrons. The van der Waals surface area contributed by atoms with E-state index in [1.807, 2.05) is 0 Å². The van der Waals surface area contributed by atoms with Gasteiger partial charge in [-0.25, -0.2) is 0 Å². The third-order valence-corrected chi connectivity index (χ3v) is 16.5. The third-order valence-electron chi connectivity index (χ3n) is 9.13. The second kappa shape index (κ2) is 25.9. The number of hydrogen-bond acceptors (Lipinski definition) is 1. The summed E-state index contributed by atoms with van der Waals surface area (Å²) in [6.45, 7) is 4.75. The van der Waals surface area contributed by atoms with Gasteiger partial charge in [-0.3, -0.25) is 0 Å². The summed E-state index contributed by atoms with van der Waals surface area (Å²) in [6, 6.07) is 97.0. The van der Waals surface area contributed by atoms with E-state index in [9.17, 15) is 0 Å². The predicted molar refractivity (Wildman–Crippen MR) is 260 cm³/mol. The van der Waals surface area contributed by atoms with E-state index in [1.165, 1.54) is 47.7 Å². The van der Waals surface area contributed by atoms with Gasteiger partial charge in [-0.15, -0.1) is 0 Å². The molecule has 0 bridgehead atoms. The Morgan fingerprint density at radius 3 is 0.350 bits per heavy atom. The van der Waals surface area contributed by atoms with Gasteiger partial charge in [0.15, 0.2) is 0 Å². The van der Waals surface area contributed by atoms with Crippen molar-refractivity contribution in [2.45, 2.75) is 0 Å². The van der Waals surface area contributed by atoms with E-state index in [1.54, 1.807) is 0 Å². The molecule has 0 saturated heterocycles. The molecule has 9 rings (SSSR count). The van der Waals surface area contributed by atoms with Crippen molar-refractivity contribution < 1.29 is 22.4 Å². The van der Waals surface area contributed by atoms with Gasteiger partial charge in [0.05, 0.1) is 0 Å². The van der Waals surface area contributed by atoms with Gasteiger partial charge in [0.25, 0.3) is 0 Å². The molecule has 0 spiro atoms. The molecule has 0 heterocycles. The molecule has 0 aliphatic carbocycles. The van der Waals surface area contributed by atoms with Crippen LogP contribution in [0.5, 0.6) is 0 Å². The zero-order valence-electron chi connectivity index (χ0n) is 33.1. The van der Waals surface area contributed by atoms with E-state index in [0.717, 1.165) is 0 Å². The largest absolute Gasteiger partial charge is 1.00 e. The molecule has 0 saturated carbocycles. The summed E-state index contributed by atoms with van der Waals surface area (Å²) in [6.07, 6.45) is 0. The first kappa shape index (κ1) is 45.6. The average Bonchev–Trinajstić information content (AvgIpc) is 3.34. The fourth-order valence-electron chi connectivity index (χ4n) is 6.54. The van der Waals surface area contributed by atoms with Gasteiger partial charge < -0.3 is 11.8 Å². The van der Waals surface area contributed by atoms with Crippen molar-refractivity contribution in [3.8, 4) is 0 Å². The van der Waals surface area contributed by atoms with Gasteiger partial charge >= 0.3 is 22.4 Å². The zero-order valence-corrected chi connectivity index (χ0v) is 37.2. The van der Waals surface area contributed by atoms with E-state index in [4.69, 9.17) is 11.8 Å². The van der Waals surface area contributed by atoms with Crippen LogP contribution < -0.4 is 47.7 Å². The summed E-state index contributed by atoms with van der Waals surface area (Å²) in [5.74, 6) is 0. The minimum absolute atomic E-state index is 0. The number of hydrogen-bond donors (Lipinski definition) is 0. The zero-order chi connectivity index (χ0) is 40.7. The van der Waals surface area contributed by atoms with E-state index >= 15 is 0 Å². The van der Waals surface area contributed by atoms with Crippen molar-refractivity contribution in [3.63, 3.8) is 0 Å². The molecule has 60 heavy (non-hydrogen) atoms. The van der Waals surface area contributed by atoms with Crippen LogP contribution in [0.2, 0.25) is 0 Å². The second-order valence-electron chi connectivity index (χ2n) is 13.0. The average molecular weight is 921 g/mol. The summed E-state index contributed by atoms with van der Waals surface area (Å²) < 4.78 is 0. The fraction of sp³-hybridized carbons (Fsp3) is 0. The molecular formula is C55H45AgNP3. The monoisotopic (exact) mass is 919 g/mol. The summed E-state index contributed by atoms with van der Waals surface area (Å²) in [5, 5.41) is 18.8. The quantitative estimate of drug-likeness (QED) is 0.0804. The molecule has 0 N–H and O–H groups in total. The first-order valence-corrected chi connectivity index (χ1v) is 23.5. The predicted octanol–water partition coefficient (Wildman–Crippen LogP) is 10.4. The van der Waals surface area contributed by atoms with Gasteiger partial charge in [-0.05, 0) is 71.5 Å². The first-order valence-electron chi connectivity index (χ1n) is 19.4. The Morgan fingerprint density at radius 1 is 0.183 bits per heavy atom. The van der Waals surface area contributed by atoms with Crippen molar-refractivity contribution in [3.05, 3.63) is 280 Å². The molecule has 0 aromatic heterocycles. The first-order chi connectivity index (χ1) is 29.3. The Kier molecular flexibility index (Phi) is 19.7. The summed E-state index contributed by atoms with van der Waals surface area (Å²) in [5.41, 5.74) is 0. The van der Waals surface area contributed by atoms with Crippen LogP contribution in [0.3, 0.4) is 0 Å². The number of rotatable bonds is 9. The molecule has 0 fully saturated rings. The SMILES string of the molecule is [Ag+].[C-]#N.c1ccc(P(c2ccccc2)c2ccccc2)cc1.c1ccc(P(c2ccccc2)c2ccccc2)cc1.c1ccc(P(c2ccccc2)c2ccccc2)cc1. The Balaban J connectivity index is 0.000000166. The van der Waals surface area contributed by atoms with Crippen LogP contribution in [0.4, 0.5) is 0 Å². The molecule has 9 aromatic carbocycles. The van der Waals surface area contributed by atoms with Crippen LogP contribution in [0.25, 0.3) is 0 Å². The Hall–Kier alpha value is -5.50. The van der Waals surface area contributed by atoms with Crippen molar-refractivity contribution in [1.82, 2.24) is 0 Å². The number of benzene rings is 9. The second-order valence-corrected chi connectivity index (χ2v) is 19.7. The van der Waals surface area contributed by atoms with E-state index in [2.05, 4.69) is 273 Å². The molecule has 5 heteroatoms. The van der Waals surface area contributed by atoms with Crippen LogP contribution >= 0.6 is 23.8 Å². The van der Waals surface area contributed by atoms with Gasteiger partial charge in [0, 0.05) is 0 Å². The minimum Gasteiger partial charge on any atom is -0.512 e. The Bertz CT molecular complexity index is 1920. The molecule has 0 unspecified atom stereocenters. The smallest absolute Gasteiger partial charge is 0.512 e. The van der Waals surface area contributed by atoms with Crippen LogP contribution in [-0.2, 0) is 22.4 Å². The third kappa shape index (κ3) is 13.3. The number of nitrogens with zero attached hydrogens (tertiary/aromatic N) is 1. The van der Waals surface area contributed by atoms with Crippen molar-refractivity contribution in [2.75, 3.05) is 0 Å². The van der Waals surface area contributed by atoms with Crippen molar-refractivity contribution in [1.29, 1.82) is 5.26 Å². The van der Waals surface area contributed by atoms with Gasteiger partial charge in [-0.1, -0.05) is 273 Å². The topological polar surface area (TPSA) is 23.8 Å². The standard InChI is InChI=1S/3C18H15P.CN.Ag/c3*1-4-10-16(11-5-1)19(17-12-6-2-7-13-17)18-14-8-3-9-15-18;1-2;/h3*1-15H;;/q;;;-1;+1. The van der Waals surface area contributed by atoms with Gasteiger partial charge in [0.2, 0.25) is 0 Å². The molecule has 296 valence electrons. The Labute approximate surface area is 376 Å². The molecule has 0 atom stereocenters. The maximum absolute atomic E-state index is 6.25. The summed E-state index contributed by atoms with van der Waals surface area (Å²) in [7, 11) is -1.34. The molecule has 0 amide bonds. The Morgan fingerprint density at radius 2 is 0.267 bits per heavy atom. The fourth-order valence-corrected chi connectivity index (χ4v) is 13.5. The minimum atomic E-state index is -0.446. The van der Waals surface area contributed by atoms with Crippen LogP contribution in [-0.4, -0.2) is 0 Å². The maximum atomic E-state index is 6.25. The molecular weight excluding hydrogens is 875 g/mol. The van der Waals surface area contributed by atoms with Gasteiger partial charge in [0.1, 0.15) is 0 Å². The molecule has 1 nitrogen and oxygen atoms in total.